The number of benzene rings is 2. The lowest BCUT2D eigenvalue weighted by Crippen LogP contribution is -2.49. The fourth-order valence-electron chi connectivity index (χ4n) is 4.77. The van der Waals surface area contributed by atoms with E-state index >= 15 is 0 Å². The number of ether oxygens (including phenoxy) is 2. The van der Waals surface area contributed by atoms with Gasteiger partial charge in [-0.1, -0.05) is 12.1 Å². The molecule has 0 saturated carbocycles. The molecular formula is C25H20FN5O6. The first-order valence-electron chi connectivity index (χ1n) is 11.7. The van der Waals surface area contributed by atoms with E-state index in [1.54, 1.807) is 0 Å². The van der Waals surface area contributed by atoms with Crippen LogP contribution < -0.4 is 14.4 Å². The normalized spacial score (nSPS) is 18.8. The molecule has 2 amide bonds. The fourth-order valence-corrected chi connectivity index (χ4v) is 4.77. The number of hydrogen-bond acceptors (Lipinski definition) is 9. The van der Waals surface area contributed by atoms with E-state index in [1.165, 1.54) is 0 Å². The van der Waals surface area contributed by atoms with Gasteiger partial charge in [-0.25, -0.2) is 9.59 Å². The number of aromatic nitrogens is 2. The zero-order chi connectivity index (χ0) is 25.7. The van der Waals surface area contributed by atoms with Crippen LogP contribution in [0.25, 0.3) is 10.9 Å². The number of carbonyl (C=O) groups is 4. The number of amides is 2. The minimum absolute atomic E-state index is 0.0573. The second-order valence-electron chi connectivity index (χ2n) is 8.80. The van der Waals surface area contributed by atoms with E-state index in [0.717, 1.165) is 39.8 Å². The van der Waals surface area contributed by atoms with Crippen LogP contribution in [0.3, 0.4) is 0 Å². The average molecular weight is 505 g/mol. The van der Waals surface area contributed by atoms with Gasteiger partial charge in [0.05, 0.1) is 16.6 Å². The molecule has 2 aromatic carbocycles. The van der Waals surface area contributed by atoms with Gasteiger partial charge in [0.2, 0.25) is 5.82 Å². The lowest BCUT2D eigenvalue weighted by Gasteiger charge is -2.35. The van der Waals surface area contributed by atoms with Crippen molar-refractivity contribution in [3.05, 3.63) is 59.4 Å². The first-order chi connectivity index (χ1) is 17.9. The van der Waals surface area contributed by atoms with Crippen molar-refractivity contribution < 1.29 is 33.0 Å². The molecule has 1 saturated heterocycles. The molecule has 3 aliphatic heterocycles. The molecule has 2 bridgehead atoms. The first kappa shape index (κ1) is 22.9. The molecule has 4 heterocycles. The van der Waals surface area contributed by atoms with Crippen molar-refractivity contribution >= 4 is 40.5 Å². The third kappa shape index (κ3) is 3.91. The van der Waals surface area contributed by atoms with E-state index in [4.69, 9.17) is 9.47 Å². The number of esters is 2. The SMILES string of the molecule is O=C1/C=C\C(=O)Oc2c(F)c(cc3c2C(=O)N(CCN2CCN(c4n[nH]c5ccccc45)CC2)C3=O)O1. The zero-order valence-electron chi connectivity index (χ0n) is 19.4. The van der Waals surface area contributed by atoms with Crippen molar-refractivity contribution in [3.8, 4) is 11.5 Å². The number of fused-ring (bicyclic) bond motifs is 5. The quantitative estimate of drug-likeness (QED) is 0.319. The third-order valence-corrected chi connectivity index (χ3v) is 6.65. The van der Waals surface area contributed by atoms with Crippen molar-refractivity contribution in [2.45, 2.75) is 0 Å². The molecular weight excluding hydrogens is 485 g/mol. The van der Waals surface area contributed by atoms with E-state index in [2.05, 4.69) is 20.0 Å². The number of nitrogens with zero attached hydrogens (tertiary/aromatic N) is 4. The highest BCUT2D eigenvalue weighted by Gasteiger charge is 2.42. The average Bonchev–Trinajstić information content (AvgIpc) is 3.43. The molecule has 0 unspecified atom stereocenters. The molecule has 1 aromatic heterocycles. The van der Waals surface area contributed by atoms with E-state index in [9.17, 15) is 23.6 Å². The summed E-state index contributed by atoms with van der Waals surface area (Å²) in [5.41, 5.74) is 0.419. The largest absolute Gasteiger partial charge is 0.420 e. The molecule has 0 aliphatic carbocycles. The van der Waals surface area contributed by atoms with Gasteiger partial charge in [-0.3, -0.25) is 24.5 Å². The van der Waals surface area contributed by atoms with Gasteiger partial charge >= 0.3 is 11.9 Å². The number of imide groups is 1. The van der Waals surface area contributed by atoms with Gasteiger partial charge in [-0.2, -0.15) is 9.49 Å². The van der Waals surface area contributed by atoms with E-state index in [1.807, 2.05) is 24.3 Å². The molecule has 0 atom stereocenters. The van der Waals surface area contributed by atoms with Crippen molar-refractivity contribution in [1.29, 1.82) is 0 Å². The van der Waals surface area contributed by atoms with Gasteiger partial charge in [-0.15, -0.1) is 0 Å². The van der Waals surface area contributed by atoms with Crippen LogP contribution in [0, 0.1) is 5.82 Å². The Morgan fingerprint density at radius 1 is 0.919 bits per heavy atom. The van der Waals surface area contributed by atoms with Crippen LogP contribution in [0.1, 0.15) is 20.7 Å². The maximum atomic E-state index is 14.9. The number of rotatable bonds is 4. The molecule has 188 valence electrons. The zero-order valence-corrected chi connectivity index (χ0v) is 19.4. The lowest BCUT2D eigenvalue weighted by molar-refractivity contribution is -0.131. The fraction of sp³-hybridized carbons (Fsp3) is 0.240. The molecule has 12 heteroatoms. The summed E-state index contributed by atoms with van der Waals surface area (Å²) in [6.45, 7) is 3.27. The molecule has 11 nitrogen and oxygen atoms in total. The minimum atomic E-state index is -1.20. The number of aromatic amines is 1. The summed E-state index contributed by atoms with van der Waals surface area (Å²) >= 11 is 0. The molecule has 1 N–H and O–H groups in total. The molecule has 1 fully saturated rings. The standard InChI is InChI=1S/C25H20FN5O6/c26-21-17-13-15-20(22(21)37-19(33)6-5-18(32)36-17)25(35)31(24(15)34)12-9-29-7-10-30(11-8-29)23-14-3-1-2-4-16(14)27-28-23/h1-6,13H,7-12H2,(H,27,28)/b6-5-. The van der Waals surface area contributed by atoms with Gasteiger partial charge in [0.1, 0.15) is 0 Å². The maximum Gasteiger partial charge on any atom is 0.336 e. The summed E-state index contributed by atoms with van der Waals surface area (Å²) in [6, 6.07) is 8.89. The summed E-state index contributed by atoms with van der Waals surface area (Å²) in [6.07, 6.45) is 1.53. The molecule has 3 aromatic rings. The van der Waals surface area contributed by atoms with Gasteiger partial charge in [-0.05, 0) is 18.2 Å². The predicted octanol–water partition coefficient (Wildman–Crippen LogP) is 1.50. The van der Waals surface area contributed by atoms with E-state index < -0.39 is 41.1 Å². The van der Waals surface area contributed by atoms with Gasteiger partial charge in [0.25, 0.3) is 11.8 Å². The number of nitrogens with one attached hydrogen (secondary N) is 1. The van der Waals surface area contributed by atoms with Crippen molar-refractivity contribution in [2.24, 2.45) is 0 Å². The molecule has 3 aliphatic rings. The smallest absolute Gasteiger partial charge is 0.336 e. The third-order valence-electron chi connectivity index (χ3n) is 6.65. The van der Waals surface area contributed by atoms with Crippen LogP contribution in [-0.2, 0) is 9.59 Å². The summed E-state index contributed by atoms with van der Waals surface area (Å²) < 4.78 is 24.8. The highest BCUT2D eigenvalue weighted by atomic mass is 19.1. The Hall–Kier alpha value is -4.58. The summed E-state index contributed by atoms with van der Waals surface area (Å²) in [4.78, 5) is 55.2. The van der Waals surface area contributed by atoms with Crippen molar-refractivity contribution in [2.75, 3.05) is 44.2 Å². The van der Waals surface area contributed by atoms with Crippen LogP contribution in [0.4, 0.5) is 10.2 Å². The Bertz CT molecular complexity index is 1510. The van der Waals surface area contributed by atoms with Gasteiger partial charge in [0, 0.05) is 56.8 Å². The maximum absolute atomic E-state index is 14.9. The Labute approximate surface area is 209 Å². The first-order valence-corrected chi connectivity index (χ1v) is 11.7. The van der Waals surface area contributed by atoms with Crippen molar-refractivity contribution in [1.82, 2.24) is 20.0 Å². The number of halogens is 1. The Balaban J connectivity index is 1.15. The van der Waals surface area contributed by atoms with Crippen LogP contribution >= 0.6 is 0 Å². The number of hydrogen-bond donors (Lipinski definition) is 1. The van der Waals surface area contributed by atoms with E-state index in [0.29, 0.717) is 32.7 Å². The summed E-state index contributed by atoms with van der Waals surface area (Å²) in [5, 5.41) is 8.53. The number of anilines is 1. The van der Waals surface area contributed by atoms with Gasteiger partial charge in [0.15, 0.2) is 17.3 Å². The molecule has 0 spiro atoms. The monoisotopic (exact) mass is 505 g/mol. The predicted molar refractivity (Wildman–Crippen MR) is 127 cm³/mol. The van der Waals surface area contributed by atoms with Crippen molar-refractivity contribution in [3.63, 3.8) is 0 Å². The van der Waals surface area contributed by atoms with Crippen LogP contribution in [0.15, 0.2) is 42.5 Å². The second-order valence-corrected chi connectivity index (χ2v) is 8.80. The van der Waals surface area contributed by atoms with Crippen LogP contribution in [-0.4, -0.2) is 83.0 Å². The number of H-pyrrole nitrogens is 1. The summed E-state index contributed by atoms with van der Waals surface area (Å²) in [7, 11) is 0. The number of carbonyl (C=O) groups excluding carboxylic acids is 4. The number of piperazine rings is 1. The summed E-state index contributed by atoms with van der Waals surface area (Å²) in [5.74, 6) is -5.17. The molecule has 37 heavy (non-hydrogen) atoms. The molecule has 6 rings (SSSR count). The van der Waals surface area contributed by atoms with Crippen LogP contribution in [0.2, 0.25) is 0 Å². The van der Waals surface area contributed by atoms with Crippen LogP contribution in [0.5, 0.6) is 11.5 Å². The highest BCUT2D eigenvalue weighted by Crippen LogP contribution is 2.39. The minimum Gasteiger partial charge on any atom is -0.420 e. The molecule has 0 radical (unpaired) electrons. The van der Waals surface area contributed by atoms with E-state index in [-0.39, 0.29) is 17.7 Å². The second kappa shape index (κ2) is 8.82. The Morgan fingerprint density at radius 2 is 1.65 bits per heavy atom. The Morgan fingerprint density at radius 3 is 2.43 bits per heavy atom. The topological polar surface area (TPSA) is 125 Å². The lowest BCUT2D eigenvalue weighted by atomic mass is 10.1. The Kier molecular flexibility index (Phi) is 5.45. The highest BCUT2D eigenvalue weighted by molar-refractivity contribution is 6.23. The number of para-hydroxylation sites is 1. The van der Waals surface area contributed by atoms with Gasteiger partial charge < -0.3 is 14.4 Å².